The Kier molecular flexibility index (Phi) is 5.30. The lowest BCUT2D eigenvalue weighted by molar-refractivity contribution is -0.133. The highest BCUT2D eigenvalue weighted by Crippen LogP contribution is 2.29. The Hall–Kier alpha value is -0.970. The van der Waals surface area contributed by atoms with Crippen LogP contribution in [0, 0.1) is 5.41 Å². The van der Waals surface area contributed by atoms with Crippen LogP contribution in [0.4, 0.5) is 0 Å². The number of aliphatic carboxylic acids is 1. The molecule has 1 heterocycles. The standard InChI is InChI=1S/C15H26N2O2S/c1-14(2,3)7-8-17-11(15(4,5)6)9-16-13(17)20-10-12(18)19/h9H,7-8,10H2,1-6H3,(H,18,19). The van der Waals surface area contributed by atoms with Crippen LogP contribution in [0.1, 0.15) is 53.7 Å². The van der Waals surface area contributed by atoms with Gasteiger partial charge in [0.2, 0.25) is 0 Å². The van der Waals surface area contributed by atoms with Gasteiger partial charge in [0.1, 0.15) is 0 Å². The van der Waals surface area contributed by atoms with E-state index in [1.165, 1.54) is 11.8 Å². The van der Waals surface area contributed by atoms with Crippen LogP contribution in [0.2, 0.25) is 0 Å². The zero-order valence-electron chi connectivity index (χ0n) is 13.4. The van der Waals surface area contributed by atoms with Gasteiger partial charge in [0.15, 0.2) is 5.16 Å². The van der Waals surface area contributed by atoms with E-state index >= 15 is 0 Å². The molecule has 20 heavy (non-hydrogen) atoms. The van der Waals surface area contributed by atoms with Crippen molar-refractivity contribution in [1.82, 2.24) is 9.55 Å². The number of aromatic nitrogens is 2. The molecule has 1 aromatic heterocycles. The lowest BCUT2D eigenvalue weighted by Gasteiger charge is -2.25. The number of rotatable bonds is 5. The smallest absolute Gasteiger partial charge is 0.313 e. The van der Waals surface area contributed by atoms with Crippen molar-refractivity contribution in [3.8, 4) is 0 Å². The number of thioether (sulfide) groups is 1. The van der Waals surface area contributed by atoms with Crippen molar-refractivity contribution in [1.29, 1.82) is 0 Å². The maximum Gasteiger partial charge on any atom is 0.313 e. The van der Waals surface area contributed by atoms with Gasteiger partial charge in [0.25, 0.3) is 0 Å². The molecule has 0 unspecified atom stereocenters. The van der Waals surface area contributed by atoms with Crippen molar-refractivity contribution >= 4 is 17.7 Å². The summed E-state index contributed by atoms with van der Waals surface area (Å²) in [7, 11) is 0. The Bertz CT molecular complexity index is 467. The molecular weight excluding hydrogens is 272 g/mol. The largest absolute Gasteiger partial charge is 0.481 e. The monoisotopic (exact) mass is 298 g/mol. The molecule has 5 heteroatoms. The van der Waals surface area contributed by atoms with Gasteiger partial charge < -0.3 is 9.67 Å². The number of carboxylic acid groups (broad SMARTS) is 1. The Balaban J connectivity index is 3.00. The first-order valence-corrected chi connectivity index (χ1v) is 7.90. The Morgan fingerprint density at radius 2 is 1.90 bits per heavy atom. The molecule has 0 fully saturated rings. The summed E-state index contributed by atoms with van der Waals surface area (Å²) < 4.78 is 2.18. The molecule has 1 N–H and O–H groups in total. The topological polar surface area (TPSA) is 55.1 Å². The number of hydrogen-bond acceptors (Lipinski definition) is 3. The molecule has 0 saturated carbocycles. The molecule has 0 bridgehead atoms. The number of carboxylic acids is 1. The normalized spacial score (nSPS) is 12.7. The van der Waals surface area contributed by atoms with E-state index in [1.54, 1.807) is 0 Å². The zero-order valence-corrected chi connectivity index (χ0v) is 14.2. The lowest BCUT2D eigenvalue weighted by Crippen LogP contribution is -2.20. The molecule has 0 radical (unpaired) electrons. The molecule has 4 nitrogen and oxygen atoms in total. The fraction of sp³-hybridized carbons (Fsp3) is 0.733. The molecule has 0 saturated heterocycles. The summed E-state index contributed by atoms with van der Waals surface area (Å²) in [5, 5.41) is 9.64. The summed E-state index contributed by atoms with van der Waals surface area (Å²) in [4.78, 5) is 15.2. The molecule has 0 aromatic carbocycles. The fourth-order valence-corrected chi connectivity index (χ4v) is 2.59. The van der Waals surface area contributed by atoms with E-state index in [4.69, 9.17) is 5.11 Å². The van der Waals surface area contributed by atoms with Gasteiger partial charge in [-0.2, -0.15) is 0 Å². The zero-order chi connectivity index (χ0) is 15.6. The summed E-state index contributed by atoms with van der Waals surface area (Å²) >= 11 is 1.29. The molecule has 1 rings (SSSR count). The predicted molar refractivity (Wildman–Crippen MR) is 83.4 cm³/mol. The molecule has 0 spiro atoms. The van der Waals surface area contributed by atoms with E-state index in [0.717, 1.165) is 23.8 Å². The van der Waals surface area contributed by atoms with Gasteiger partial charge in [0, 0.05) is 23.9 Å². The maximum atomic E-state index is 10.7. The number of nitrogens with zero attached hydrogens (tertiary/aromatic N) is 2. The fourth-order valence-electron chi connectivity index (χ4n) is 1.86. The van der Waals surface area contributed by atoms with Crippen molar-refractivity contribution < 1.29 is 9.90 Å². The van der Waals surface area contributed by atoms with E-state index in [0.29, 0.717) is 0 Å². The summed E-state index contributed by atoms with van der Waals surface area (Å²) in [6, 6.07) is 0. The van der Waals surface area contributed by atoms with Gasteiger partial charge in [-0.25, -0.2) is 4.98 Å². The van der Waals surface area contributed by atoms with Crippen molar-refractivity contribution in [2.45, 2.75) is 65.1 Å². The van der Waals surface area contributed by atoms with Gasteiger partial charge in [-0.3, -0.25) is 4.79 Å². The van der Waals surface area contributed by atoms with E-state index in [9.17, 15) is 4.79 Å². The van der Waals surface area contributed by atoms with Crippen LogP contribution in [0.5, 0.6) is 0 Å². The first kappa shape index (κ1) is 17.1. The molecule has 0 aliphatic rings. The minimum atomic E-state index is -0.808. The maximum absolute atomic E-state index is 10.7. The van der Waals surface area contributed by atoms with Crippen molar-refractivity contribution in [2.24, 2.45) is 5.41 Å². The second-order valence-electron chi connectivity index (χ2n) is 7.32. The third-order valence-electron chi connectivity index (χ3n) is 3.00. The molecule has 114 valence electrons. The van der Waals surface area contributed by atoms with Crippen LogP contribution >= 0.6 is 11.8 Å². The first-order valence-electron chi connectivity index (χ1n) is 6.91. The highest BCUT2D eigenvalue weighted by Gasteiger charge is 2.23. The van der Waals surface area contributed by atoms with Crippen LogP contribution in [-0.2, 0) is 16.8 Å². The minimum absolute atomic E-state index is 0.00686. The average molecular weight is 298 g/mol. The molecule has 0 aliphatic carbocycles. The molecule has 1 aromatic rings. The van der Waals surface area contributed by atoms with E-state index < -0.39 is 5.97 Å². The van der Waals surface area contributed by atoms with E-state index in [-0.39, 0.29) is 16.6 Å². The van der Waals surface area contributed by atoms with Crippen molar-refractivity contribution in [3.63, 3.8) is 0 Å². The minimum Gasteiger partial charge on any atom is -0.481 e. The quantitative estimate of drug-likeness (QED) is 0.840. The summed E-state index contributed by atoms with van der Waals surface area (Å²) in [5.41, 5.74) is 1.41. The van der Waals surface area contributed by atoms with Gasteiger partial charge in [-0.15, -0.1) is 0 Å². The number of imidazole rings is 1. The Morgan fingerprint density at radius 1 is 1.30 bits per heavy atom. The van der Waals surface area contributed by atoms with E-state index in [1.807, 2.05) is 6.20 Å². The van der Waals surface area contributed by atoms with Crippen LogP contribution < -0.4 is 0 Å². The SMILES string of the molecule is CC(C)(C)CCn1c(C(C)(C)C)cnc1SCC(=O)O. The lowest BCUT2D eigenvalue weighted by atomic mass is 9.90. The molecule has 0 amide bonds. The van der Waals surface area contributed by atoms with Crippen LogP contribution in [0.25, 0.3) is 0 Å². The van der Waals surface area contributed by atoms with Crippen LogP contribution in [0.15, 0.2) is 11.4 Å². The Labute approximate surface area is 126 Å². The number of hydrogen-bond donors (Lipinski definition) is 1. The van der Waals surface area contributed by atoms with Crippen LogP contribution in [0.3, 0.4) is 0 Å². The summed E-state index contributed by atoms with van der Waals surface area (Å²) in [6.45, 7) is 14.0. The molecular formula is C15H26N2O2S. The van der Waals surface area contributed by atoms with Gasteiger partial charge >= 0.3 is 5.97 Å². The summed E-state index contributed by atoms with van der Waals surface area (Å²) in [5.74, 6) is -0.756. The first-order chi connectivity index (χ1) is 9.00. The highest BCUT2D eigenvalue weighted by molar-refractivity contribution is 7.99. The predicted octanol–water partition coefficient (Wildman–Crippen LogP) is 3.79. The van der Waals surface area contributed by atoms with Gasteiger partial charge in [0.05, 0.1) is 5.75 Å². The van der Waals surface area contributed by atoms with Gasteiger partial charge in [-0.1, -0.05) is 53.3 Å². The Morgan fingerprint density at radius 3 is 2.35 bits per heavy atom. The average Bonchev–Trinajstić information content (AvgIpc) is 2.64. The number of carbonyl (C=O) groups is 1. The van der Waals surface area contributed by atoms with Crippen molar-refractivity contribution in [3.05, 3.63) is 11.9 Å². The highest BCUT2D eigenvalue weighted by atomic mass is 32.2. The van der Waals surface area contributed by atoms with Crippen LogP contribution in [-0.4, -0.2) is 26.4 Å². The molecule has 0 atom stereocenters. The van der Waals surface area contributed by atoms with E-state index in [2.05, 4.69) is 51.1 Å². The van der Waals surface area contributed by atoms with Gasteiger partial charge in [-0.05, 0) is 11.8 Å². The summed E-state index contributed by atoms with van der Waals surface area (Å²) in [6.07, 6.45) is 2.92. The third-order valence-corrected chi connectivity index (χ3v) is 3.97. The molecule has 0 aliphatic heterocycles. The second-order valence-corrected chi connectivity index (χ2v) is 8.26. The second kappa shape index (κ2) is 6.20. The third kappa shape index (κ3) is 5.19. The van der Waals surface area contributed by atoms with Crippen molar-refractivity contribution in [2.75, 3.05) is 5.75 Å².